The first-order chi connectivity index (χ1) is 64.4. The summed E-state index contributed by atoms with van der Waals surface area (Å²) in [6.45, 7) is 17.5. The Morgan fingerprint density at radius 2 is 0.821 bits per heavy atom. The number of benzene rings is 2. The zero-order valence-corrected chi connectivity index (χ0v) is 80.2. The first-order valence-corrected chi connectivity index (χ1v) is 50.1. The Balaban J connectivity index is 0.000000153. The predicted molar refractivity (Wildman–Crippen MR) is 514 cm³/mol. The fraction of sp³-hybridized carbons (Fsp3) is 0.571. The highest BCUT2D eigenvalue weighted by Crippen LogP contribution is 2.70. The highest BCUT2D eigenvalue weighted by atomic mass is 16.7. The first kappa shape index (κ1) is 97.9. The number of unbranched alkanes of at least 4 members (excludes halogenated alkanes) is 5. The minimum atomic E-state index is -1.13. The quantitative estimate of drug-likeness (QED) is 0.0161. The van der Waals surface area contributed by atoms with Crippen molar-refractivity contribution in [3.63, 3.8) is 0 Å². The van der Waals surface area contributed by atoms with Gasteiger partial charge in [-0.05, 0) is 270 Å². The number of fused-ring (bicyclic) bond motifs is 15. The molecule has 0 radical (unpaired) electrons. The molecule has 2 aromatic carbocycles. The van der Waals surface area contributed by atoms with Gasteiger partial charge >= 0.3 is 36.0 Å². The highest BCUT2D eigenvalue weighted by molar-refractivity contribution is 5.86. The molecular formula is C112H142N6O16. The molecule has 19 atom stereocenters. The van der Waals surface area contributed by atoms with E-state index in [2.05, 4.69) is 118 Å². The summed E-state index contributed by atoms with van der Waals surface area (Å²) in [5.74, 6) is 0.556. The smallest absolute Gasteiger partial charge is 0.480 e. The standard InChI is InChI=1S/C38H46N2O5.C38H54N2O5.C36H42N2O6/c1-25(41)40(34(36(43)44)22-26-8-5-4-6-9-26)21-17-35(42)45-29-15-18-37(2)28(23-29)11-12-30-32-14-13-31(27-10-7-20-39-24-27)38(32,3)19-16-33(30)37;1-4-5-6-7-8-9-23-40(26-35(42)43)34(41)16-17-36(44)45-29-18-20-37(2)28(24-29)12-13-30-32-15-14-31(27-11-10-22-39-25-27)38(32,3)21-19-33(30)37;1-35-16-14-27(44-34(42)43-23-32(39)38(22-33(40)41)21-24-7-4-3-5-8-24)19-26(35)10-11-28-30-13-12-29(25-9-6-18-37-20-25)36(30,2)17-15-31(28)35/h4-11,13,20,24,29-30,32-34H,12,14-19,21-23H2,1-3H3,(H,43,44);10-12,14,22,25,29-30,32-33H,4-9,13,15-21,23-24,26H2,1-3H3,(H,42,43);3-10,12,18,20,27-28,30-31H,11,13-17,19,21-23H2,1-2H3,(H,40,41)/t29-,30-,32-,33-,34-,37-,38+;29-,30-,32-,33-,37-,38+;27-,28-,30-,31-,35-,36+/m000/s1. The second kappa shape index (κ2) is 42.7. The van der Waals surface area contributed by atoms with Crippen LogP contribution in [0.25, 0.3) is 16.7 Å². The van der Waals surface area contributed by atoms with Crippen LogP contribution in [-0.2, 0) is 70.3 Å². The maximum Gasteiger partial charge on any atom is 0.509 e. The number of carbonyl (C=O) groups is 9. The fourth-order valence-electron chi connectivity index (χ4n) is 27.7. The lowest BCUT2D eigenvalue weighted by molar-refractivity contribution is -0.155. The number of carboxylic acid groups (broad SMARTS) is 3. The van der Waals surface area contributed by atoms with E-state index in [1.807, 2.05) is 116 Å². The van der Waals surface area contributed by atoms with E-state index in [4.69, 9.17) is 18.9 Å². The van der Waals surface area contributed by atoms with Gasteiger partial charge in [-0.1, -0.05) is 213 Å². The zero-order valence-electron chi connectivity index (χ0n) is 80.2. The first-order valence-electron chi connectivity index (χ1n) is 50.1. The van der Waals surface area contributed by atoms with Crippen LogP contribution in [0.15, 0.2) is 187 Å². The van der Waals surface area contributed by atoms with E-state index >= 15 is 0 Å². The van der Waals surface area contributed by atoms with Crippen molar-refractivity contribution in [3.05, 3.63) is 215 Å². The van der Waals surface area contributed by atoms with Crippen LogP contribution in [-0.4, -0.2) is 156 Å². The van der Waals surface area contributed by atoms with Crippen LogP contribution in [0.5, 0.6) is 0 Å². The molecule has 3 N–H and O–H groups in total. The molecule has 12 aliphatic rings. The van der Waals surface area contributed by atoms with Crippen LogP contribution < -0.4 is 0 Å². The molecule has 12 aliphatic carbocycles. The minimum Gasteiger partial charge on any atom is -0.480 e. The molecule has 0 aliphatic heterocycles. The van der Waals surface area contributed by atoms with Crippen molar-refractivity contribution in [2.75, 3.05) is 32.8 Å². The number of amides is 3. The van der Waals surface area contributed by atoms with Crippen molar-refractivity contribution in [2.24, 2.45) is 85.8 Å². The third-order valence-corrected chi connectivity index (χ3v) is 34.8. The van der Waals surface area contributed by atoms with Crippen molar-refractivity contribution < 1.29 is 77.4 Å². The Morgan fingerprint density at radius 3 is 1.23 bits per heavy atom. The summed E-state index contributed by atoms with van der Waals surface area (Å²) in [6.07, 6.45) is 52.8. The average Bonchev–Trinajstić information content (AvgIpc) is 1.39. The summed E-state index contributed by atoms with van der Waals surface area (Å²) in [4.78, 5) is 128. The van der Waals surface area contributed by atoms with Gasteiger partial charge in [0.1, 0.15) is 37.4 Å². The molecular weight excluding hydrogens is 1690 g/mol. The zero-order chi connectivity index (χ0) is 94.7. The number of aromatic nitrogens is 3. The molecule has 3 aromatic heterocycles. The predicted octanol–water partition coefficient (Wildman–Crippen LogP) is 21.6. The molecule has 3 heterocycles. The number of ether oxygens (including phenoxy) is 4. The van der Waals surface area contributed by atoms with Crippen LogP contribution >= 0.6 is 0 Å². The fourth-order valence-corrected chi connectivity index (χ4v) is 27.7. The van der Waals surface area contributed by atoms with Crippen molar-refractivity contribution in [2.45, 2.75) is 285 Å². The van der Waals surface area contributed by atoms with E-state index in [0.717, 1.165) is 125 Å². The molecule has 6 fully saturated rings. The number of pyridine rings is 3. The second-order valence-corrected chi connectivity index (χ2v) is 42.3. The van der Waals surface area contributed by atoms with Crippen LogP contribution in [0.2, 0.25) is 0 Å². The number of allylic oxidation sites excluding steroid dienone is 9. The molecule has 0 saturated heterocycles. The van der Waals surface area contributed by atoms with E-state index in [1.54, 1.807) is 0 Å². The van der Waals surface area contributed by atoms with Gasteiger partial charge < -0.3 is 49.0 Å². The summed E-state index contributed by atoms with van der Waals surface area (Å²) in [6, 6.07) is 30.0. The lowest BCUT2D eigenvalue weighted by atomic mass is 9.47. The number of hydrogen-bond acceptors (Lipinski definition) is 16. The monoisotopic (exact) mass is 1830 g/mol. The van der Waals surface area contributed by atoms with Gasteiger partial charge in [-0.15, -0.1) is 0 Å². The molecule has 0 spiro atoms. The van der Waals surface area contributed by atoms with Crippen molar-refractivity contribution in [3.8, 4) is 0 Å². The summed E-state index contributed by atoms with van der Waals surface area (Å²) in [7, 11) is 0. The average molecular weight is 1830 g/mol. The van der Waals surface area contributed by atoms with E-state index in [-0.39, 0.29) is 120 Å². The maximum absolute atomic E-state index is 13.0. The number of carboxylic acids is 3. The van der Waals surface area contributed by atoms with E-state index in [9.17, 15) is 58.5 Å². The molecule has 22 heteroatoms. The minimum absolute atomic E-state index is 0.00447. The van der Waals surface area contributed by atoms with Gasteiger partial charge in [-0.25, -0.2) is 9.59 Å². The third-order valence-electron chi connectivity index (χ3n) is 34.8. The Bertz CT molecular complexity index is 5230. The number of aliphatic carboxylic acids is 3. The summed E-state index contributed by atoms with van der Waals surface area (Å²) in [5, 5.41) is 28.5. The third kappa shape index (κ3) is 21.4. The van der Waals surface area contributed by atoms with Gasteiger partial charge in [0.2, 0.25) is 11.8 Å². The lowest BCUT2D eigenvalue weighted by Crippen LogP contribution is -2.50. The molecule has 5 aromatic rings. The normalized spacial score (nSPS) is 30.6. The number of esters is 2. The van der Waals surface area contributed by atoms with Gasteiger partial charge in [-0.3, -0.25) is 48.5 Å². The van der Waals surface area contributed by atoms with E-state index < -0.39 is 49.2 Å². The molecule has 3 amide bonds. The Morgan fingerprint density at radius 1 is 0.418 bits per heavy atom. The van der Waals surface area contributed by atoms with Crippen LogP contribution in [0.3, 0.4) is 0 Å². The lowest BCUT2D eigenvalue weighted by Gasteiger charge is -2.57. The summed E-state index contributed by atoms with van der Waals surface area (Å²) in [5.41, 5.74) is 15.1. The Labute approximate surface area is 792 Å². The van der Waals surface area contributed by atoms with Crippen molar-refractivity contribution >= 4 is 70.4 Å². The largest absolute Gasteiger partial charge is 0.509 e. The van der Waals surface area contributed by atoms with Crippen LogP contribution in [0.1, 0.15) is 276 Å². The topological polar surface area (TPSA) is 300 Å². The van der Waals surface area contributed by atoms with E-state index in [0.29, 0.717) is 66.2 Å². The molecule has 6 saturated carbocycles. The maximum atomic E-state index is 13.0. The van der Waals surface area contributed by atoms with Crippen molar-refractivity contribution in [1.82, 2.24) is 29.7 Å². The number of nitrogens with zero attached hydrogens (tertiary/aromatic N) is 6. The number of carbonyl (C=O) groups excluding carboxylic acids is 6. The molecule has 0 unspecified atom stereocenters. The Hall–Kier alpha value is -10.6. The second-order valence-electron chi connectivity index (χ2n) is 42.3. The van der Waals surface area contributed by atoms with Crippen molar-refractivity contribution in [1.29, 1.82) is 0 Å². The Kier molecular flexibility index (Phi) is 31.2. The van der Waals surface area contributed by atoms with Gasteiger partial charge in [0, 0.05) is 95.8 Å². The summed E-state index contributed by atoms with van der Waals surface area (Å²) < 4.78 is 22.8. The van der Waals surface area contributed by atoms with E-state index in [1.165, 1.54) is 125 Å². The van der Waals surface area contributed by atoms with Gasteiger partial charge in [0.05, 0.1) is 12.8 Å². The summed E-state index contributed by atoms with van der Waals surface area (Å²) >= 11 is 0. The molecule has 0 bridgehead atoms. The molecule has 17 rings (SSSR count). The molecule has 716 valence electrons. The molecule has 22 nitrogen and oxygen atoms in total. The number of hydrogen-bond donors (Lipinski definition) is 3. The molecule has 134 heavy (non-hydrogen) atoms. The highest BCUT2D eigenvalue weighted by Gasteiger charge is 2.61. The van der Waals surface area contributed by atoms with Gasteiger partial charge in [-0.2, -0.15) is 0 Å². The van der Waals surface area contributed by atoms with Gasteiger partial charge in [0.25, 0.3) is 5.91 Å². The SMILES string of the molecule is CC(=O)N(CCC(=O)O[C@H]1CC[C@@]2(C)C(=CC[C@@H]3[C@@H]2CC[C@]2(C)C(c4cccnc4)=CC[C@@H]32)C1)[C@@H](Cc1ccccc1)C(=O)O.CCCCCCCCN(CC(=O)O)C(=O)CCC(=O)O[C@H]1CC[C@@]2(C)C(=CC[C@@H]3[C@@H]2CC[C@]2(C)C(c4cccnc4)=CC[C@@H]32)C1.C[C@]12CC[C@H](OC(=O)OCC(=O)N(CC(=O)O)Cc3ccccc3)CC1=CC[C@@H]1[C@@H]2CC[C@]2(C)C(c3cccnc3)=CC[C@@H]12. The van der Waals surface area contributed by atoms with Gasteiger partial charge in [0.15, 0.2) is 6.61 Å². The van der Waals surface area contributed by atoms with Crippen LogP contribution in [0, 0.1) is 85.8 Å². The number of rotatable bonds is 31. The van der Waals surface area contributed by atoms with Crippen LogP contribution in [0.4, 0.5) is 4.79 Å².